The van der Waals surface area contributed by atoms with Crippen LogP contribution in [0.3, 0.4) is 0 Å². The van der Waals surface area contributed by atoms with Crippen molar-refractivity contribution in [2.45, 2.75) is 50.8 Å². The first-order valence-electron chi connectivity index (χ1n) is 12.0. The molecule has 1 aromatic heterocycles. The molecule has 7 heteroatoms. The van der Waals surface area contributed by atoms with Gasteiger partial charge >= 0.3 is 0 Å². The third kappa shape index (κ3) is 4.20. The quantitative estimate of drug-likeness (QED) is 0.579. The fourth-order valence-corrected chi connectivity index (χ4v) is 5.31. The molecule has 2 aliphatic rings. The number of benzene rings is 2. The number of halogens is 1. The molecule has 0 radical (unpaired) electrons. The summed E-state index contributed by atoms with van der Waals surface area (Å²) in [5.74, 6) is 0.457. The van der Waals surface area contributed by atoms with Crippen molar-refractivity contribution in [2.24, 2.45) is 5.92 Å². The van der Waals surface area contributed by atoms with Crippen molar-refractivity contribution in [3.05, 3.63) is 83.3 Å². The number of anilines is 1. The summed E-state index contributed by atoms with van der Waals surface area (Å²) >= 11 is 0. The highest BCUT2D eigenvalue weighted by atomic mass is 19.1. The second kappa shape index (κ2) is 8.87. The molecule has 2 aliphatic heterocycles. The number of hydrogen-bond donors (Lipinski definition) is 2. The van der Waals surface area contributed by atoms with Crippen LogP contribution < -0.4 is 5.32 Å². The smallest absolute Gasteiger partial charge is 0.259 e. The van der Waals surface area contributed by atoms with E-state index < -0.39 is 6.10 Å². The van der Waals surface area contributed by atoms with E-state index in [1.165, 1.54) is 17.7 Å². The summed E-state index contributed by atoms with van der Waals surface area (Å²) in [5.41, 5.74) is 2.27. The van der Waals surface area contributed by atoms with E-state index in [2.05, 4.69) is 36.4 Å². The van der Waals surface area contributed by atoms with Crippen LogP contribution in [0.15, 0.2) is 60.8 Å². The first kappa shape index (κ1) is 22.6. The lowest BCUT2D eigenvalue weighted by Crippen LogP contribution is -2.41. The summed E-state index contributed by atoms with van der Waals surface area (Å²) in [5, 5.41) is 18.9. The van der Waals surface area contributed by atoms with Crippen molar-refractivity contribution < 1.29 is 14.3 Å². The number of piperidine rings is 1. The van der Waals surface area contributed by atoms with E-state index in [0.29, 0.717) is 31.5 Å². The van der Waals surface area contributed by atoms with Crippen molar-refractivity contribution in [1.82, 2.24) is 14.7 Å². The van der Waals surface area contributed by atoms with Gasteiger partial charge < -0.3 is 15.3 Å². The topological polar surface area (TPSA) is 70.4 Å². The lowest BCUT2D eigenvalue weighted by molar-refractivity contribution is 0.0462. The number of aromatic nitrogens is 2. The van der Waals surface area contributed by atoms with E-state index in [1.807, 2.05) is 27.8 Å². The van der Waals surface area contributed by atoms with E-state index in [0.717, 1.165) is 17.8 Å². The third-order valence-electron chi connectivity index (χ3n) is 7.27. The number of amides is 1. The maximum absolute atomic E-state index is 13.5. The van der Waals surface area contributed by atoms with E-state index in [1.54, 1.807) is 18.3 Å². The first-order valence-corrected chi connectivity index (χ1v) is 12.0. The highest BCUT2D eigenvalue weighted by Crippen LogP contribution is 2.40. The van der Waals surface area contributed by atoms with Crippen molar-refractivity contribution in [2.75, 3.05) is 18.4 Å². The summed E-state index contributed by atoms with van der Waals surface area (Å²) < 4.78 is 15.2. The predicted molar refractivity (Wildman–Crippen MR) is 129 cm³/mol. The van der Waals surface area contributed by atoms with Gasteiger partial charge in [0.25, 0.3) is 5.91 Å². The first-order chi connectivity index (χ1) is 16.3. The van der Waals surface area contributed by atoms with Gasteiger partial charge in [0.1, 0.15) is 17.2 Å². The maximum Gasteiger partial charge on any atom is 0.259 e. The molecule has 2 atom stereocenters. The molecule has 178 valence electrons. The molecule has 0 saturated carbocycles. The molecular weight excluding hydrogens is 431 g/mol. The molecule has 2 N–H and O–H groups in total. The van der Waals surface area contributed by atoms with Gasteiger partial charge in [-0.2, -0.15) is 5.10 Å². The Morgan fingerprint density at radius 1 is 1.12 bits per heavy atom. The number of fused-ring (bicyclic) bond motifs is 1. The fourth-order valence-electron chi connectivity index (χ4n) is 5.31. The Morgan fingerprint density at radius 2 is 1.79 bits per heavy atom. The molecule has 1 amide bonds. The van der Waals surface area contributed by atoms with Gasteiger partial charge in [0.2, 0.25) is 0 Å². The molecule has 1 saturated heterocycles. The zero-order valence-corrected chi connectivity index (χ0v) is 19.6. The molecule has 0 bridgehead atoms. The Labute approximate surface area is 199 Å². The molecule has 1 fully saturated rings. The molecular formula is C27H31FN4O2. The molecule has 0 spiro atoms. The molecule has 6 nitrogen and oxygen atoms in total. The number of likely N-dealkylation sites (tertiary alicyclic amines) is 1. The SMILES string of the molecule is CC1(C)CC(c2ccccc2)Nc2c(C(=O)N3CCC(C(O)c4ccc(F)cc4)CC3)cnn21. The van der Waals surface area contributed by atoms with Crippen molar-refractivity contribution in [1.29, 1.82) is 0 Å². The van der Waals surface area contributed by atoms with Crippen LogP contribution in [0.1, 0.15) is 66.7 Å². The number of rotatable bonds is 4. The Bertz CT molecular complexity index is 1150. The summed E-state index contributed by atoms with van der Waals surface area (Å²) in [6.07, 6.45) is 3.28. The van der Waals surface area contributed by atoms with Crippen molar-refractivity contribution in [3.8, 4) is 0 Å². The van der Waals surface area contributed by atoms with Crippen LogP contribution in [-0.4, -0.2) is 38.8 Å². The standard InChI is InChI=1S/C27H31FN4O2/c1-27(2)16-23(18-6-4-3-5-7-18)30-25-22(17-29-32(25)27)26(34)31-14-12-20(13-15-31)24(33)19-8-10-21(28)11-9-19/h3-11,17,20,23-24,30,33H,12-16H2,1-2H3. The van der Waals surface area contributed by atoms with Crippen LogP contribution >= 0.6 is 0 Å². The Morgan fingerprint density at radius 3 is 2.47 bits per heavy atom. The van der Waals surface area contributed by atoms with Crippen molar-refractivity contribution >= 4 is 11.7 Å². The second-order valence-electron chi connectivity index (χ2n) is 10.1. The Hall–Kier alpha value is -3.19. The van der Waals surface area contributed by atoms with E-state index in [4.69, 9.17) is 0 Å². The van der Waals surface area contributed by atoms with Crippen LogP contribution in [0, 0.1) is 11.7 Å². The van der Waals surface area contributed by atoms with Crippen LogP contribution in [0.2, 0.25) is 0 Å². The Kier molecular flexibility index (Phi) is 5.90. The molecule has 34 heavy (non-hydrogen) atoms. The number of hydrogen-bond acceptors (Lipinski definition) is 4. The molecule has 0 aliphatic carbocycles. The minimum atomic E-state index is -0.657. The lowest BCUT2D eigenvalue weighted by Gasteiger charge is -2.39. The summed E-state index contributed by atoms with van der Waals surface area (Å²) in [4.78, 5) is 15.4. The van der Waals surface area contributed by atoms with Gasteiger partial charge in [-0.3, -0.25) is 4.79 Å². The van der Waals surface area contributed by atoms with E-state index >= 15 is 0 Å². The van der Waals surface area contributed by atoms with Gasteiger partial charge in [-0.1, -0.05) is 42.5 Å². The third-order valence-corrected chi connectivity index (χ3v) is 7.27. The zero-order chi connectivity index (χ0) is 23.9. The zero-order valence-electron chi connectivity index (χ0n) is 19.6. The average molecular weight is 463 g/mol. The number of carbonyl (C=O) groups excluding carboxylic acids is 1. The number of nitrogens with zero attached hydrogens (tertiary/aromatic N) is 3. The predicted octanol–water partition coefficient (Wildman–Crippen LogP) is 4.90. The molecule has 3 aromatic rings. The van der Waals surface area contributed by atoms with Gasteiger partial charge in [0, 0.05) is 13.1 Å². The molecule has 2 unspecified atom stereocenters. The summed E-state index contributed by atoms with van der Waals surface area (Å²) in [6.45, 7) is 5.43. The lowest BCUT2D eigenvalue weighted by atomic mass is 9.87. The number of nitrogens with one attached hydrogen (secondary N) is 1. The van der Waals surface area contributed by atoms with Crippen LogP contribution in [-0.2, 0) is 5.54 Å². The van der Waals surface area contributed by atoms with Gasteiger partial charge in [-0.05, 0) is 62.3 Å². The highest BCUT2D eigenvalue weighted by Gasteiger charge is 2.38. The second-order valence-corrected chi connectivity index (χ2v) is 10.1. The minimum absolute atomic E-state index is 0.0343. The molecule has 3 heterocycles. The van der Waals surface area contributed by atoms with Crippen LogP contribution in [0.5, 0.6) is 0 Å². The number of aliphatic hydroxyl groups is 1. The highest BCUT2D eigenvalue weighted by molar-refractivity contribution is 5.99. The maximum atomic E-state index is 13.5. The van der Waals surface area contributed by atoms with Gasteiger partial charge in [-0.15, -0.1) is 0 Å². The fraction of sp³-hybridized carbons (Fsp3) is 0.407. The van der Waals surface area contributed by atoms with Crippen LogP contribution in [0.4, 0.5) is 10.2 Å². The largest absolute Gasteiger partial charge is 0.388 e. The van der Waals surface area contributed by atoms with Crippen LogP contribution in [0.25, 0.3) is 0 Å². The summed E-state index contributed by atoms with van der Waals surface area (Å²) in [6, 6.07) is 16.4. The van der Waals surface area contributed by atoms with E-state index in [9.17, 15) is 14.3 Å². The van der Waals surface area contributed by atoms with Gasteiger partial charge in [0.05, 0.1) is 23.9 Å². The van der Waals surface area contributed by atoms with E-state index in [-0.39, 0.29) is 29.2 Å². The normalized spacial score (nSPS) is 20.9. The van der Waals surface area contributed by atoms with Gasteiger partial charge in [0.15, 0.2) is 0 Å². The van der Waals surface area contributed by atoms with Crippen molar-refractivity contribution in [3.63, 3.8) is 0 Å². The number of aliphatic hydroxyl groups excluding tert-OH is 1. The number of carbonyl (C=O) groups is 1. The van der Waals surface area contributed by atoms with Gasteiger partial charge in [-0.25, -0.2) is 9.07 Å². The summed E-state index contributed by atoms with van der Waals surface area (Å²) in [7, 11) is 0. The molecule has 2 aromatic carbocycles. The molecule has 5 rings (SSSR count). The minimum Gasteiger partial charge on any atom is -0.388 e. The monoisotopic (exact) mass is 462 g/mol. The average Bonchev–Trinajstić information content (AvgIpc) is 3.29. The Balaban J connectivity index is 1.30.